The van der Waals surface area contributed by atoms with Gasteiger partial charge in [-0.15, -0.1) is 0 Å². The SMILES string of the molecule is Cc1cc(N)ccc1S(=O)(=O)NCCCC(C)O. The van der Waals surface area contributed by atoms with Gasteiger partial charge in [-0.05, 0) is 50.5 Å². The van der Waals surface area contributed by atoms with Crippen molar-refractivity contribution in [3.63, 3.8) is 0 Å². The molecule has 0 aliphatic rings. The Morgan fingerprint density at radius 1 is 1.44 bits per heavy atom. The summed E-state index contributed by atoms with van der Waals surface area (Å²) < 4.78 is 26.5. The highest BCUT2D eigenvalue weighted by Gasteiger charge is 2.15. The first kappa shape index (κ1) is 14.9. The number of nitrogens with two attached hydrogens (primary N) is 1. The molecular formula is C12H20N2O3S. The summed E-state index contributed by atoms with van der Waals surface area (Å²) in [4.78, 5) is 0.244. The highest BCUT2D eigenvalue weighted by atomic mass is 32.2. The molecule has 1 atom stereocenters. The molecule has 0 saturated heterocycles. The minimum Gasteiger partial charge on any atom is -0.399 e. The molecule has 6 heteroatoms. The summed E-state index contributed by atoms with van der Waals surface area (Å²) in [5.41, 5.74) is 6.75. The Hall–Kier alpha value is -1.11. The van der Waals surface area contributed by atoms with Crippen molar-refractivity contribution >= 4 is 15.7 Å². The Morgan fingerprint density at radius 2 is 2.11 bits per heavy atom. The van der Waals surface area contributed by atoms with Gasteiger partial charge in [0.25, 0.3) is 0 Å². The number of benzene rings is 1. The third-order valence-corrected chi connectivity index (χ3v) is 4.20. The molecule has 0 aliphatic carbocycles. The van der Waals surface area contributed by atoms with Gasteiger partial charge in [-0.1, -0.05) is 0 Å². The maximum Gasteiger partial charge on any atom is 0.240 e. The van der Waals surface area contributed by atoms with Crippen molar-refractivity contribution in [3.05, 3.63) is 23.8 Å². The van der Waals surface area contributed by atoms with Gasteiger partial charge in [-0.2, -0.15) is 0 Å². The zero-order valence-electron chi connectivity index (χ0n) is 10.7. The fourth-order valence-electron chi connectivity index (χ4n) is 1.66. The van der Waals surface area contributed by atoms with E-state index in [1.54, 1.807) is 26.0 Å². The topological polar surface area (TPSA) is 92.4 Å². The molecule has 1 unspecified atom stereocenters. The Labute approximate surface area is 108 Å². The van der Waals surface area contributed by atoms with E-state index >= 15 is 0 Å². The molecule has 0 aliphatic heterocycles. The van der Waals surface area contributed by atoms with Crippen LogP contribution in [0.1, 0.15) is 25.3 Å². The maximum atomic E-state index is 12.0. The van der Waals surface area contributed by atoms with Crippen molar-refractivity contribution in [2.75, 3.05) is 12.3 Å². The quantitative estimate of drug-likeness (QED) is 0.532. The monoisotopic (exact) mass is 272 g/mol. The number of rotatable bonds is 6. The Bertz CT molecular complexity index is 498. The number of nitrogens with one attached hydrogen (secondary N) is 1. The average molecular weight is 272 g/mol. The van der Waals surface area contributed by atoms with Crippen molar-refractivity contribution in [3.8, 4) is 0 Å². The van der Waals surface area contributed by atoms with E-state index in [1.807, 2.05) is 0 Å². The summed E-state index contributed by atoms with van der Waals surface area (Å²) in [7, 11) is -3.49. The van der Waals surface area contributed by atoms with E-state index in [4.69, 9.17) is 10.8 Å². The summed E-state index contributed by atoms with van der Waals surface area (Å²) in [6.45, 7) is 3.70. The van der Waals surface area contributed by atoms with Crippen LogP contribution in [0, 0.1) is 6.92 Å². The molecule has 4 N–H and O–H groups in total. The van der Waals surface area contributed by atoms with Crippen LogP contribution in [0.25, 0.3) is 0 Å². The van der Waals surface area contributed by atoms with E-state index in [1.165, 1.54) is 6.07 Å². The second kappa shape index (κ2) is 6.17. The fraction of sp³-hybridized carbons (Fsp3) is 0.500. The van der Waals surface area contributed by atoms with E-state index in [0.29, 0.717) is 30.6 Å². The van der Waals surface area contributed by atoms with Gasteiger partial charge >= 0.3 is 0 Å². The first-order chi connectivity index (χ1) is 8.33. The van der Waals surface area contributed by atoms with E-state index < -0.39 is 16.1 Å². The van der Waals surface area contributed by atoms with Gasteiger partial charge in [-0.25, -0.2) is 13.1 Å². The molecule has 5 nitrogen and oxygen atoms in total. The number of hydrogen-bond acceptors (Lipinski definition) is 4. The molecule has 1 aromatic rings. The minimum atomic E-state index is -3.49. The average Bonchev–Trinajstić information content (AvgIpc) is 2.23. The predicted molar refractivity (Wildman–Crippen MR) is 71.7 cm³/mol. The van der Waals surface area contributed by atoms with Crippen molar-refractivity contribution in [2.45, 2.75) is 37.7 Å². The summed E-state index contributed by atoms with van der Waals surface area (Å²) in [5.74, 6) is 0. The van der Waals surface area contributed by atoms with Gasteiger partial charge in [0, 0.05) is 12.2 Å². The Morgan fingerprint density at radius 3 is 2.67 bits per heavy atom. The lowest BCUT2D eigenvalue weighted by Crippen LogP contribution is -2.26. The van der Waals surface area contributed by atoms with E-state index in [2.05, 4.69) is 4.72 Å². The summed E-state index contributed by atoms with van der Waals surface area (Å²) >= 11 is 0. The second-order valence-electron chi connectivity index (χ2n) is 4.41. The van der Waals surface area contributed by atoms with Gasteiger partial charge in [0.1, 0.15) is 0 Å². The molecular weight excluding hydrogens is 252 g/mol. The zero-order valence-corrected chi connectivity index (χ0v) is 11.5. The normalized spacial score (nSPS) is 13.5. The van der Waals surface area contributed by atoms with Crippen LogP contribution in [0.4, 0.5) is 5.69 Å². The van der Waals surface area contributed by atoms with Crippen LogP contribution in [-0.2, 0) is 10.0 Å². The van der Waals surface area contributed by atoms with E-state index in [9.17, 15) is 8.42 Å². The molecule has 0 fully saturated rings. The van der Waals surface area contributed by atoms with E-state index in [0.717, 1.165) is 0 Å². The van der Waals surface area contributed by atoms with Crippen LogP contribution >= 0.6 is 0 Å². The zero-order chi connectivity index (χ0) is 13.8. The van der Waals surface area contributed by atoms with Gasteiger partial charge in [0.05, 0.1) is 11.0 Å². The second-order valence-corrected chi connectivity index (χ2v) is 6.15. The number of nitrogen functional groups attached to an aromatic ring is 1. The number of sulfonamides is 1. The van der Waals surface area contributed by atoms with Crippen LogP contribution in [-0.4, -0.2) is 26.2 Å². The third kappa shape index (κ3) is 4.29. The summed E-state index contributed by atoms with van der Waals surface area (Å²) in [6, 6.07) is 4.70. The Balaban J connectivity index is 2.69. The predicted octanol–water partition coefficient (Wildman–Crippen LogP) is 1.02. The molecule has 0 bridgehead atoms. The first-order valence-corrected chi connectivity index (χ1v) is 7.35. The van der Waals surface area contributed by atoms with Crippen molar-refractivity contribution in [2.24, 2.45) is 0 Å². The van der Waals surface area contributed by atoms with Crippen molar-refractivity contribution < 1.29 is 13.5 Å². The van der Waals surface area contributed by atoms with E-state index in [-0.39, 0.29) is 4.90 Å². The number of hydrogen-bond donors (Lipinski definition) is 3. The number of aliphatic hydroxyl groups excluding tert-OH is 1. The van der Waals surface area contributed by atoms with Crippen LogP contribution in [0.2, 0.25) is 0 Å². The van der Waals surface area contributed by atoms with Crippen molar-refractivity contribution in [1.82, 2.24) is 4.72 Å². The molecule has 0 spiro atoms. The fourth-order valence-corrected chi connectivity index (χ4v) is 2.95. The molecule has 0 amide bonds. The number of anilines is 1. The van der Waals surface area contributed by atoms with Crippen LogP contribution in [0.15, 0.2) is 23.1 Å². The summed E-state index contributed by atoms with van der Waals surface area (Å²) in [5, 5.41) is 9.08. The minimum absolute atomic E-state index is 0.244. The lowest BCUT2D eigenvalue weighted by molar-refractivity contribution is 0.182. The number of aliphatic hydroxyl groups is 1. The lowest BCUT2D eigenvalue weighted by Gasteiger charge is -2.10. The molecule has 18 heavy (non-hydrogen) atoms. The van der Waals surface area contributed by atoms with Crippen molar-refractivity contribution in [1.29, 1.82) is 0 Å². The molecule has 0 heterocycles. The van der Waals surface area contributed by atoms with Gasteiger partial charge in [-0.3, -0.25) is 0 Å². The molecule has 0 saturated carbocycles. The summed E-state index contributed by atoms with van der Waals surface area (Å²) in [6.07, 6.45) is 0.765. The standard InChI is InChI=1S/C12H20N2O3S/c1-9-8-11(13)5-6-12(9)18(16,17)14-7-3-4-10(2)15/h5-6,8,10,14-15H,3-4,7,13H2,1-2H3. The Kier molecular flexibility index (Phi) is 5.13. The van der Waals surface area contributed by atoms with Gasteiger partial charge < -0.3 is 10.8 Å². The van der Waals surface area contributed by atoms with Crippen LogP contribution in [0.3, 0.4) is 0 Å². The number of aryl methyl sites for hydroxylation is 1. The largest absolute Gasteiger partial charge is 0.399 e. The first-order valence-electron chi connectivity index (χ1n) is 5.87. The highest BCUT2D eigenvalue weighted by Crippen LogP contribution is 2.17. The molecule has 1 aromatic carbocycles. The smallest absolute Gasteiger partial charge is 0.240 e. The van der Waals surface area contributed by atoms with Gasteiger partial charge in [0.2, 0.25) is 10.0 Å². The van der Waals surface area contributed by atoms with Crippen LogP contribution in [0.5, 0.6) is 0 Å². The molecule has 102 valence electrons. The molecule has 0 radical (unpaired) electrons. The molecule has 0 aromatic heterocycles. The maximum absolute atomic E-state index is 12.0. The third-order valence-electron chi connectivity index (χ3n) is 2.58. The van der Waals surface area contributed by atoms with Gasteiger partial charge in [0.15, 0.2) is 0 Å². The highest BCUT2D eigenvalue weighted by molar-refractivity contribution is 7.89. The lowest BCUT2D eigenvalue weighted by atomic mass is 10.2. The molecule has 1 rings (SSSR count). The van der Waals surface area contributed by atoms with Crippen LogP contribution < -0.4 is 10.5 Å².